The zero-order chi connectivity index (χ0) is 22.7. The molecule has 0 atom stereocenters. The smallest absolute Gasteiger partial charge is 0.284 e. The molecule has 1 aliphatic rings. The van der Waals surface area contributed by atoms with Crippen LogP contribution in [-0.4, -0.2) is 38.0 Å². The fraction of sp³-hybridized carbons (Fsp3) is 0.238. The van der Waals surface area contributed by atoms with Crippen molar-refractivity contribution in [2.45, 2.75) is 29.4 Å². The van der Waals surface area contributed by atoms with Gasteiger partial charge >= 0.3 is 0 Å². The van der Waals surface area contributed by atoms with Crippen molar-refractivity contribution in [3.8, 4) is 0 Å². The molecule has 1 fully saturated rings. The Hall–Kier alpha value is -3.73. The Balaban J connectivity index is 1.42. The van der Waals surface area contributed by atoms with Gasteiger partial charge < -0.3 is 14.8 Å². The summed E-state index contributed by atoms with van der Waals surface area (Å²) in [6, 6.07) is 11.8. The third kappa shape index (κ3) is 4.62. The van der Waals surface area contributed by atoms with E-state index < -0.39 is 10.8 Å². The quantitative estimate of drug-likeness (QED) is 0.432. The molecule has 164 valence electrons. The number of aryl methyl sites for hydroxylation is 1. The predicted molar refractivity (Wildman–Crippen MR) is 117 cm³/mol. The summed E-state index contributed by atoms with van der Waals surface area (Å²) in [7, 11) is 1.74. The maximum atomic E-state index is 12.6. The Morgan fingerprint density at radius 3 is 2.66 bits per heavy atom. The van der Waals surface area contributed by atoms with Gasteiger partial charge in [0.15, 0.2) is 5.16 Å². The minimum absolute atomic E-state index is 0.119. The second-order valence-corrected chi connectivity index (χ2v) is 8.27. The zero-order valence-electron chi connectivity index (χ0n) is 17.2. The van der Waals surface area contributed by atoms with Crippen LogP contribution in [0.1, 0.15) is 28.8 Å². The van der Waals surface area contributed by atoms with Gasteiger partial charge in [0.2, 0.25) is 5.91 Å². The molecule has 11 heteroatoms. The van der Waals surface area contributed by atoms with Crippen LogP contribution in [0.2, 0.25) is 0 Å². The van der Waals surface area contributed by atoms with E-state index in [0.29, 0.717) is 16.5 Å². The van der Waals surface area contributed by atoms with Gasteiger partial charge in [-0.1, -0.05) is 12.1 Å². The van der Waals surface area contributed by atoms with Crippen molar-refractivity contribution in [2.24, 2.45) is 7.05 Å². The Labute approximate surface area is 187 Å². The normalized spacial score (nSPS) is 13.4. The highest BCUT2D eigenvalue weighted by Gasteiger charge is 2.22. The number of rotatable bonds is 7. The number of hydrogen-bond acceptors (Lipinski definition) is 7. The number of carbonyl (C=O) groups excluding carboxylic acids is 2. The second kappa shape index (κ2) is 9.18. The SMILES string of the molecule is Cn1cnnc1Sc1ccc(C(=O)NCc2ccc(N3CCCC3=O)cc2)cc1[N+](=O)[O-]. The molecule has 1 aromatic heterocycles. The van der Waals surface area contributed by atoms with Crippen molar-refractivity contribution in [1.82, 2.24) is 20.1 Å². The number of nitro groups is 1. The van der Waals surface area contributed by atoms with Gasteiger partial charge in [0, 0.05) is 43.9 Å². The number of anilines is 1. The summed E-state index contributed by atoms with van der Waals surface area (Å²) >= 11 is 1.11. The van der Waals surface area contributed by atoms with E-state index in [1.54, 1.807) is 22.6 Å². The molecule has 2 amide bonds. The van der Waals surface area contributed by atoms with Gasteiger partial charge in [0.1, 0.15) is 6.33 Å². The number of nitrogens with zero attached hydrogens (tertiary/aromatic N) is 5. The minimum Gasteiger partial charge on any atom is -0.348 e. The van der Waals surface area contributed by atoms with Crippen molar-refractivity contribution in [1.29, 1.82) is 0 Å². The van der Waals surface area contributed by atoms with E-state index in [9.17, 15) is 19.7 Å². The van der Waals surface area contributed by atoms with Crippen molar-refractivity contribution in [3.63, 3.8) is 0 Å². The lowest BCUT2D eigenvalue weighted by molar-refractivity contribution is -0.387. The van der Waals surface area contributed by atoms with Crippen molar-refractivity contribution >= 4 is 35.0 Å². The highest BCUT2D eigenvalue weighted by molar-refractivity contribution is 7.99. The number of benzene rings is 2. The molecule has 0 saturated carbocycles. The third-order valence-electron chi connectivity index (χ3n) is 5.06. The fourth-order valence-corrected chi connectivity index (χ4v) is 4.20. The van der Waals surface area contributed by atoms with E-state index >= 15 is 0 Å². The van der Waals surface area contributed by atoms with Crippen molar-refractivity contribution < 1.29 is 14.5 Å². The van der Waals surface area contributed by atoms with E-state index in [4.69, 9.17) is 0 Å². The van der Waals surface area contributed by atoms with Gasteiger partial charge in [0.05, 0.1) is 9.82 Å². The first-order valence-corrected chi connectivity index (χ1v) is 10.7. The number of hydrogen-bond donors (Lipinski definition) is 1. The molecule has 32 heavy (non-hydrogen) atoms. The molecule has 2 aromatic carbocycles. The molecule has 0 spiro atoms. The van der Waals surface area contributed by atoms with Gasteiger partial charge in [-0.3, -0.25) is 19.7 Å². The molecule has 1 N–H and O–H groups in total. The van der Waals surface area contributed by atoms with Gasteiger partial charge in [-0.2, -0.15) is 0 Å². The fourth-order valence-electron chi connectivity index (χ4n) is 3.35. The maximum absolute atomic E-state index is 12.6. The van der Waals surface area contributed by atoms with E-state index in [0.717, 1.165) is 36.0 Å². The number of nitrogens with one attached hydrogen (secondary N) is 1. The van der Waals surface area contributed by atoms with Crippen molar-refractivity contribution in [3.05, 3.63) is 70.0 Å². The Morgan fingerprint density at radius 1 is 1.25 bits per heavy atom. The summed E-state index contributed by atoms with van der Waals surface area (Å²) in [5.74, 6) is -0.296. The lowest BCUT2D eigenvalue weighted by Gasteiger charge is -2.16. The van der Waals surface area contributed by atoms with Gasteiger partial charge in [-0.05, 0) is 48.0 Å². The molecule has 0 bridgehead atoms. The van der Waals surface area contributed by atoms with Gasteiger partial charge in [0.25, 0.3) is 11.6 Å². The standard InChI is InChI=1S/C21H20N6O4S/c1-25-13-23-24-21(25)32-18-9-6-15(11-17(18)27(30)31)20(29)22-12-14-4-7-16(8-5-14)26-10-2-3-19(26)28/h4-9,11,13H,2-3,10,12H2,1H3,(H,22,29). The molecule has 0 aliphatic carbocycles. The molecular weight excluding hydrogens is 432 g/mol. The molecule has 3 aromatic rings. The van der Waals surface area contributed by atoms with E-state index in [1.165, 1.54) is 18.5 Å². The monoisotopic (exact) mass is 452 g/mol. The van der Waals surface area contributed by atoms with Crippen molar-refractivity contribution in [2.75, 3.05) is 11.4 Å². The molecular formula is C21H20N6O4S. The first-order chi connectivity index (χ1) is 15.4. The summed E-state index contributed by atoms with van der Waals surface area (Å²) in [5.41, 5.74) is 1.72. The third-order valence-corrected chi connectivity index (χ3v) is 6.18. The van der Waals surface area contributed by atoms with Crippen LogP contribution in [0, 0.1) is 10.1 Å². The summed E-state index contributed by atoms with van der Waals surface area (Å²) < 4.78 is 1.65. The molecule has 0 radical (unpaired) electrons. The highest BCUT2D eigenvalue weighted by atomic mass is 32.2. The number of carbonyl (C=O) groups is 2. The van der Waals surface area contributed by atoms with Gasteiger partial charge in [-0.15, -0.1) is 10.2 Å². The average molecular weight is 452 g/mol. The molecule has 2 heterocycles. The van der Waals surface area contributed by atoms with Crippen LogP contribution < -0.4 is 10.2 Å². The summed E-state index contributed by atoms with van der Waals surface area (Å²) in [5, 5.41) is 22.5. The Kier molecular flexibility index (Phi) is 6.17. The van der Waals surface area contributed by atoms with Crippen LogP contribution in [0.15, 0.2) is 58.8 Å². The predicted octanol–water partition coefficient (Wildman–Crippen LogP) is 2.93. The van der Waals surface area contributed by atoms with E-state index in [1.807, 2.05) is 24.3 Å². The largest absolute Gasteiger partial charge is 0.348 e. The van der Waals surface area contributed by atoms with Crippen LogP contribution >= 0.6 is 11.8 Å². The number of nitro benzene ring substituents is 1. The maximum Gasteiger partial charge on any atom is 0.284 e. The number of aromatic nitrogens is 3. The summed E-state index contributed by atoms with van der Waals surface area (Å²) in [4.78, 5) is 37.6. The first kappa shape index (κ1) is 21.5. The Morgan fingerprint density at radius 2 is 2.03 bits per heavy atom. The van der Waals surface area contributed by atoms with Crippen LogP contribution in [0.4, 0.5) is 11.4 Å². The topological polar surface area (TPSA) is 123 Å². The highest BCUT2D eigenvalue weighted by Crippen LogP contribution is 2.34. The van der Waals surface area contributed by atoms with E-state index in [-0.39, 0.29) is 23.7 Å². The van der Waals surface area contributed by atoms with Crippen LogP contribution in [-0.2, 0) is 18.4 Å². The second-order valence-electron chi connectivity index (χ2n) is 7.26. The van der Waals surface area contributed by atoms with Crippen LogP contribution in [0.5, 0.6) is 0 Å². The lowest BCUT2D eigenvalue weighted by atomic mass is 10.1. The van der Waals surface area contributed by atoms with Gasteiger partial charge in [-0.25, -0.2) is 0 Å². The molecule has 0 unspecified atom stereocenters. The molecule has 1 saturated heterocycles. The summed E-state index contributed by atoms with van der Waals surface area (Å²) in [6.45, 7) is 0.981. The minimum atomic E-state index is -0.520. The molecule has 4 rings (SSSR count). The number of amides is 2. The molecule has 10 nitrogen and oxygen atoms in total. The summed E-state index contributed by atoms with van der Waals surface area (Å²) in [6.07, 6.45) is 2.93. The zero-order valence-corrected chi connectivity index (χ0v) is 18.0. The average Bonchev–Trinajstić information content (AvgIpc) is 3.40. The first-order valence-electron chi connectivity index (χ1n) is 9.90. The van der Waals surface area contributed by atoms with Crippen LogP contribution in [0.3, 0.4) is 0 Å². The Bertz CT molecular complexity index is 1180. The van der Waals surface area contributed by atoms with Crippen LogP contribution in [0.25, 0.3) is 0 Å². The van der Waals surface area contributed by atoms with E-state index in [2.05, 4.69) is 15.5 Å². The molecule has 1 aliphatic heterocycles. The lowest BCUT2D eigenvalue weighted by Crippen LogP contribution is -2.24.